The van der Waals surface area contributed by atoms with Crippen molar-refractivity contribution in [3.05, 3.63) is 35.9 Å². The van der Waals surface area contributed by atoms with E-state index >= 15 is 0 Å². The number of carbonyl (C=O) groups excluding carboxylic acids is 1. The molecule has 1 aliphatic rings. The van der Waals surface area contributed by atoms with E-state index in [0.29, 0.717) is 12.8 Å². The topological polar surface area (TPSA) is 46.5 Å². The van der Waals surface area contributed by atoms with Crippen LogP contribution in [0.15, 0.2) is 30.3 Å². The Hall–Kier alpha value is -1.35. The summed E-state index contributed by atoms with van der Waals surface area (Å²) in [7, 11) is 1.40. The highest BCUT2D eigenvalue weighted by molar-refractivity contribution is 5.74. The molecule has 1 aliphatic carbocycles. The summed E-state index contributed by atoms with van der Waals surface area (Å²) in [6.07, 6.45) is 4.26. The van der Waals surface area contributed by atoms with Crippen LogP contribution in [0.1, 0.15) is 50.5 Å². The maximum Gasteiger partial charge on any atom is 0.311 e. The fourth-order valence-corrected chi connectivity index (χ4v) is 3.61. The first kappa shape index (κ1) is 15.0. The summed E-state index contributed by atoms with van der Waals surface area (Å²) in [4.78, 5) is 12.0. The van der Waals surface area contributed by atoms with Crippen LogP contribution in [-0.2, 0) is 9.53 Å². The molecule has 3 atom stereocenters. The molecule has 0 saturated heterocycles. The van der Waals surface area contributed by atoms with Crippen LogP contribution in [0, 0.1) is 5.92 Å². The highest BCUT2D eigenvalue weighted by Crippen LogP contribution is 2.46. The van der Waals surface area contributed by atoms with Crippen LogP contribution in [0.3, 0.4) is 0 Å². The zero-order valence-electron chi connectivity index (χ0n) is 12.3. The van der Waals surface area contributed by atoms with Gasteiger partial charge in [0.1, 0.15) is 0 Å². The van der Waals surface area contributed by atoms with Crippen LogP contribution in [0.2, 0.25) is 0 Å². The van der Waals surface area contributed by atoms with Crippen molar-refractivity contribution in [2.24, 2.45) is 5.92 Å². The predicted molar refractivity (Wildman–Crippen MR) is 78.4 cm³/mol. The van der Waals surface area contributed by atoms with Crippen molar-refractivity contribution in [2.75, 3.05) is 7.11 Å². The Morgan fingerprint density at radius 1 is 1.40 bits per heavy atom. The minimum Gasteiger partial charge on any atom is -0.469 e. The number of ether oxygens (including phenoxy) is 1. The van der Waals surface area contributed by atoms with Gasteiger partial charge in [-0.2, -0.15) is 0 Å². The minimum atomic E-state index is -0.985. The van der Waals surface area contributed by atoms with E-state index < -0.39 is 11.5 Å². The normalized spacial score (nSPS) is 27.9. The fraction of sp³-hybridized carbons (Fsp3) is 0.588. The number of esters is 1. The van der Waals surface area contributed by atoms with Crippen molar-refractivity contribution < 1.29 is 14.6 Å². The number of aliphatic hydroxyl groups is 1. The predicted octanol–water partition coefficient (Wildman–Crippen LogP) is 3.27. The quantitative estimate of drug-likeness (QED) is 0.858. The SMILES string of the molecule is CCC(C(=O)OC)C1(O)CCCCC1c1ccccc1. The molecule has 1 saturated carbocycles. The number of rotatable bonds is 4. The third-order valence-electron chi connectivity index (χ3n) is 4.62. The van der Waals surface area contributed by atoms with Gasteiger partial charge in [0.25, 0.3) is 0 Å². The Morgan fingerprint density at radius 2 is 2.10 bits per heavy atom. The average Bonchev–Trinajstić information content (AvgIpc) is 2.49. The molecule has 0 aliphatic heterocycles. The molecule has 2 rings (SSSR count). The van der Waals surface area contributed by atoms with Crippen LogP contribution in [-0.4, -0.2) is 23.8 Å². The lowest BCUT2D eigenvalue weighted by Crippen LogP contribution is -2.49. The van der Waals surface area contributed by atoms with Gasteiger partial charge in [0.05, 0.1) is 18.6 Å². The molecule has 1 fully saturated rings. The van der Waals surface area contributed by atoms with Gasteiger partial charge in [-0.15, -0.1) is 0 Å². The lowest BCUT2D eigenvalue weighted by molar-refractivity contribution is -0.161. The monoisotopic (exact) mass is 276 g/mol. The summed E-state index contributed by atoms with van der Waals surface area (Å²) >= 11 is 0. The summed E-state index contributed by atoms with van der Waals surface area (Å²) < 4.78 is 4.91. The molecule has 0 spiro atoms. The summed E-state index contributed by atoms with van der Waals surface area (Å²) in [5.41, 5.74) is 0.138. The molecule has 3 heteroatoms. The Bertz CT molecular complexity index is 443. The lowest BCUT2D eigenvalue weighted by atomic mass is 9.65. The molecule has 0 amide bonds. The van der Waals surface area contributed by atoms with E-state index in [1.807, 2.05) is 37.3 Å². The Kier molecular flexibility index (Phi) is 4.81. The van der Waals surface area contributed by atoms with Crippen molar-refractivity contribution in [2.45, 2.75) is 50.5 Å². The maximum absolute atomic E-state index is 12.0. The summed E-state index contributed by atoms with van der Waals surface area (Å²) in [6, 6.07) is 10.0. The van der Waals surface area contributed by atoms with E-state index in [4.69, 9.17) is 4.74 Å². The average molecular weight is 276 g/mol. The molecule has 110 valence electrons. The molecular weight excluding hydrogens is 252 g/mol. The van der Waals surface area contributed by atoms with Crippen LogP contribution in [0.4, 0.5) is 0 Å². The second kappa shape index (κ2) is 6.40. The molecule has 1 N–H and O–H groups in total. The zero-order chi connectivity index (χ0) is 14.6. The number of hydrogen-bond donors (Lipinski definition) is 1. The van der Waals surface area contributed by atoms with E-state index in [-0.39, 0.29) is 11.9 Å². The molecule has 1 aromatic rings. The van der Waals surface area contributed by atoms with Gasteiger partial charge >= 0.3 is 5.97 Å². The zero-order valence-corrected chi connectivity index (χ0v) is 12.3. The van der Waals surface area contributed by atoms with Crippen molar-refractivity contribution in [1.82, 2.24) is 0 Å². The van der Waals surface area contributed by atoms with Gasteiger partial charge in [-0.05, 0) is 24.8 Å². The van der Waals surface area contributed by atoms with E-state index in [1.165, 1.54) is 7.11 Å². The lowest BCUT2D eigenvalue weighted by Gasteiger charge is -2.44. The molecule has 3 unspecified atom stereocenters. The van der Waals surface area contributed by atoms with Gasteiger partial charge in [-0.25, -0.2) is 0 Å². The minimum absolute atomic E-state index is 0.0153. The molecule has 1 aromatic carbocycles. The van der Waals surface area contributed by atoms with Gasteiger partial charge in [0.2, 0.25) is 0 Å². The molecule has 20 heavy (non-hydrogen) atoms. The van der Waals surface area contributed by atoms with Gasteiger partial charge in [0.15, 0.2) is 0 Å². The van der Waals surface area contributed by atoms with Crippen molar-refractivity contribution in [3.8, 4) is 0 Å². The summed E-state index contributed by atoms with van der Waals surface area (Å²) in [6.45, 7) is 1.94. The van der Waals surface area contributed by atoms with Crippen molar-refractivity contribution >= 4 is 5.97 Å². The first-order chi connectivity index (χ1) is 9.63. The Labute approximate surface area is 121 Å². The van der Waals surface area contributed by atoms with Crippen LogP contribution >= 0.6 is 0 Å². The first-order valence-corrected chi connectivity index (χ1v) is 7.48. The fourth-order valence-electron chi connectivity index (χ4n) is 3.61. The second-order valence-electron chi connectivity index (χ2n) is 5.68. The van der Waals surface area contributed by atoms with Gasteiger partial charge in [-0.1, -0.05) is 50.1 Å². The molecule has 3 nitrogen and oxygen atoms in total. The van der Waals surface area contributed by atoms with E-state index in [9.17, 15) is 9.90 Å². The molecule has 0 radical (unpaired) electrons. The largest absolute Gasteiger partial charge is 0.469 e. The second-order valence-corrected chi connectivity index (χ2v) is 5.68. The third kappa shape index (κ3) is 2.73. The third-order valence-corrected chi connectivity index (χ3v) is 4.62. The van der Waals surface area contributed by atoms with Crippen molar-refractivity contribution in [1.29, 1.82) is 0 Å². The summed E-state index contributed by atoms with van der Waals surface area (Å²) in [5, 5.41) is 11.2. The highest BCUT2D eigenvalue weighted by atomic mass is 16.5. The number of benzene rings is 1. The number of carbonyl (C=O) groups is 1. The highest BCUT2D eigenvalue weighted by Gasteiger charge is 2.48. The molecule has 0 bridgehead atoms. The first-order valence-electron chi connectivity index (χ1n) is 7.48. The smallest absolute Gasteiger partial charge is 0.311 e. The molecular formula is C17H24O3. The van der Waals surface area contributed by atoms with Gasteiger partial charge in [-0.3, -0.25) is 4.79 Å². The van der Waals surface area contributed by atoms with E-state index in [0.717, 1.165) is 24.8 Å². The number of hydrogen-bond acceptors (Lipinski definition) is 3. The van der Waals surface area contributed by atoms with Crippen LogP contribution in [0.25, 0.3) is 0 Å². The number of methoxy groups -OCH3 is 1. The maximum atomic E-state index is 12.0. The summed E-state index contributed by atoms with van der Waals surface area (Å²) in [5.74, 6) is -0.725. The Balaban J connectivity index is 2.36. The van der Waals surface area contributed by atoms with Crippen LogP contribution in [0.5, 0.6) is 0 Å². The van der Waals surface area contributed by atoms with Gasteiger partial charge < -0.3 is 9.84 Å². The van der Waals surface area contributed by atoms with Crippen LogP contribution < -0.4 is 0 Å². The van der Waals surface area contributed by atoms with Crippen molar-refractivity contribution in [3.63, 3.8) is 0 Å². The van der Waals surface area contributed by atoms with E-state index in [1.54, 1.807) is 0 Å². The van der Waals surface area contributed by atoms with E-state index in [2.05, 4.69) is 0 Å². The standard InChI is InChI=1S/C17H24O3/c1-3-14(16(18)20-2)17(19)12-8-7-11-15(17)13-9-5-4-6-10-13/h4-6,9-10,14-15,19H,3,7-8,11-12H2,1-2H3. The molecule has 0 aromatic heterocycles. The molecule has 0 heterocycles. The van der Waals surface area contributed by atoms with Gasteiger partial charge in [0, 0.05) is 5.92 Å². The Morgan fingerprint density at radius 3 is 2.70 bits per heavy atom.